The molecule has 0 fully saturated rings. The fraction of sp³-hybridized carbons (Fsp3) is 0.231. The van der Waals surface area contributed by atoms with E-state index in [0.29, 0.717) is 23.3 Å². The molecule has 0 aliphatic heterocycles. The highest BCUT2D eigenvalue weighted by Gasteiger charge is 2.11. The lowest BCUT2D eigenvalue weighted by Gasteiger charge is -1.98. The molecule has 0 aromatic carbocycles. The molecule has 0 aliphatic rings. The van der Waals surface area contributed by atoms with Gasteiger partial charge in [-0.15, -0.1) is 11.3 Å². The monoisotopic (exact) mass is 287 g/mol. The van der Waals surface area contributed by atoms with Gasteiger partial charge in [-0.05, 0) is 26.0 Å². The molecule has 20 heavy (non-hydrogen) atoms. The fourth-order valence-electron chi connectivity index (χ4n) is 1.97. The molecule has 2 N–H and O–H groups in total. The van der Waals surface area contributed by atoms with Crippen LogP contribution in [0, 0.1) is 13.8 Å². The van der Waals surface area contributed by atoms with E-state index in [1.807, 2.05) is 31.4 Å². The second kappa shape index (κ2) is 5.01. The van der Waals surface area contributed by atoms with E-state index < -0.39 is 0 Å². The molecule has 0 amide bonds. The van der Waals surface area contributed by atoms with Gasteiger partial charge in [-0.3, -0.25) is 4.98 Å². The Morgan fingerprint density at radius 3 is 2.55 bits per heavy atom. The van der Waals surface area contributed by atoms with Crippen LogP contribution in [-0.4, -0.2) is 20.1 Å². The summed E-state index contributed by atoms with van der Waals surface area (Å²) in [4.78, 5) is 12.9. The molecule has 0 saturated heterocycles. The molecule has 0 spiro atoms. The summed E-state index contributed by atoms with van der Waals surface area (Å²) in [6, 6.07) is 3.87. The number of anilines is 1. The van der Waals surface area contributed by atoms with Crippen molar-refractivity contribution in [2.75, 3.05) is 5.73 Å². The molecule has 0 saturated carbocycles. The van der Waals surface area contributed by atoms with Crippen LogP contribution in [0.15, 0.2) is 22.0 Å². The molecule has 102 valence electrons. The normalized spacial score (nSPS) is 10.9. The molecule has 3 heterocycles. The quantitative estimate of drug-likeness (QED) is 0.795. The zero-order chi connectivity index (χ0) is 14.1. The summed E-state index contributed by atoms with van der Waals surface area (Å²) < 4.78 is 5.25. The van der Waals surface area contributed by atoms with Crippen molar-refractivity contribution in [3.8, 4) is 11.4 Å². The number of aromatic nitrogens is 4. The van der Waals surface area contributed by atoms with Crippen molar-refractivity contribution in [1.82, 2.24) is 20.1 Å². The minimum Gasteiger partial charge on any atom is -0.375 e. The third kappa shape index (κ3) is 2.67. The van der Waals surface area contributed by atoms with Gasteiger partial charge in [0.25, 0.3) is 0 Å². The molecule has 3 rings (SSSR count). The van der Waals surface area contributed by atoms with Gasteiger partial charge in [0.2, 0.25) is 11.7 Å². The Kier molecular flexibility index (Phi) is 3.19. The Morgan fingerprint density at radius 1 is 1.15 bits per heavy atom. The van der Waals surface area contributed by atoms with Crippen molar-refractivity contribution in [1.29, 1.82) is 0 Å². The number of pyridine rings is 1. The van der Waals surface area contributed by atoms with Crippen molar-refractivity contribution < 1.29 is 4.52 Å². The van der Waals surface area contributed by atoms with Crippen LogP contribution >= 0.6 is 11.3 Å². The van der Waals surface area contributed by atoms with E-state index >= 15 is 0 Å². The van der Waals surface area contributed by atoms with Crippen LogP contribution in [0.25, 0.3) is 11.4 Å². The maximum atomic E-state index is 5.60. The molecule has 7 heteroatoms. The number of thiazole rings is 1. The minimum atomic E-state index is 0.490. The van der Waals surface area contributed by atoms with Crippen LogP contribution in [0.5, 0.6) is 0 Å². The summed E-state index contributed by atoms with van der Waals surface area (Å²) >= 11 is 1.40. The van der Waals surface area contributed by atoms with Gasteiger partial charge in [0.15, 0.2) is 5.13 Å². The molecular formula is C13H13N5OS. The second-order valence-electron chi connectivity index (χ2n) is 4.50. The van der Waals surface area contributed by atoms with Crippen LogP contribution < -0.4 is 5.73 Å². The van der Waals surface area contributed by atoms with Gasteiger partial charge in [-0.25, -0.2) is 4.98 Å². The van der Waals surface area contributed by atoms with E-state index in [1.54, 1.807) is 0 Å². The zero-order valence-electron chi connectivity index (χ0n) is 11.1. The molecule has 3 aromatic rings. The summed E-state index contributed by atoms with van der Waals surface area (Å²) in [7, 11) is 0. The third-order valence-electron chi connectivity index (χ3n) is 2.71. The molecule has 0 radical (unpaired) electrons. The van der Waals surface area contributed by atoms with Gasteiger partial charge in [0.05, 0.1) is 12.1 Å². The number of nitrogen functional groups attached to an aromatic ring is 1. The van der Waals surface area contributed by atoms with Crippen molar-refractivity contribution in [2.45, 2.75) is 20.3 Å². The maximum Gasteiger partial charge on any atom is 0.233 e. The highest BCUT2D eigenvalue weighted by atomic mass is 32.1. The van der Waals surface area contributed by atoms with E-state index in [2.05, 4.69) is 20.1 Å². The Bertz CT molecular complexity index is 729. The van der Waals surface area contributed by atoms with E-state index in [0.717, 1.165) is 22.6 Å². The van der Waals surface area contributed by atoms with Crippen molar-refractivity contribution in [3.05, 3.63) is 40.5 Å². The lowest BCUT2D eigenvalue weighted by molar-refractivity contribution is 0.385. The Labute approximate surface area is 119 Å². The first-order valence-electron chi connectivity index (χ1n) is 6.08. The van der Waals surface area contributed by atoms with E-state index in [4.69, 9.17) is 10.3 Å². The summed E-state index contributed by atoms with van der Waals surface area (Å²) in [5, 5.41) is 6.43. The average molecular weight is 287 g/mol. The Morgan fingerprint density at radius 2 is 1.90 bits per heavy atom. The molecule has 0 atom stereocenters. The second-order valence-corrected chi connectivity index (χ2v) is 5.39. The van der Waals surface area contributed by atoms with Crippen LogP contribution in [-0.2, 0) is 6.42 Å². The predicted octanol–water partition coefficient (Wildman–Crippen LogP) is 2.38. The number of hydrogen-bond acceptors (Lipinski definition) is 7. The molecule has 3 aromatic heterocycles. The number of rotatable bonds is 3. The van der Waals surface area contributed by atoms with E-state index in [-0.39, 0.29) is 0 Å². The highest BCUT2D eigenvalue weighted by Crippen LogP contribution is 2.19. The largest absolute Gasteiger partial charge is 0.375 e. The first kappa shape index (κ1) is 12.7. The molecule has 0 aliphatic carbocycles. The van der Waals surface area contributed by atoms with Crippen LogP contribution in [0.1, 0.15) is 23.0 Å². The minimum absolute atomic E-state index is 0.490. The van der Waals surface area contributed by atoms with Gasteiger partial charge >= 0.3 is 0 Å². The van der Waals surface area contributed by atoms with Gasteiger partial charge in [-0.2, -0.15) is 4.98 Å². The molecule has 0 bridgehead atoms. The predicted molar refractivity (Wildman–Crippen MR) is 76.3 cm³/mol. The number of aryl methyl sites for hydroxylation is 2. The van der Waals surface area contributed by atoms with Crippen molar-refractivity contribution >= 4 is 16.5 Å². The summed E-state index contributed by atoms with van der Waals surface area (Å²) in [5.74, 6) is 1.09. The first-order valence-corrected chi connectivity index (χ1v) is 6.96. The van der Waals surface area contributed by atoms with Gasteiger partial charge in [0, 0.05) is 22.3 Å². The average Bonchev–Trinajstić information content (AvgIpc) is 2.98. The van der Waals surface area contributed by atoms with Gasteiger partial charge < -0.3 is 10.3 Å². The van der Waals surface area contributed by atoms with Crippen LogP contribution in [0.3, 0.4) is 0 Å². The number of hydrogen-bond donors (Lipinski definition) is 1. The van der Waals surface area contributed by atoms with Crippen molar-refractivity contribution in [2.24, 2.45) is 0 Å². The van der Waals surface area contributed by atoms with E-state index in [1.165, 1.54) is 11.3 Å². The molecule has 0 unspecified atom stereocenters. The van der Waals surface area contributed by atoms with E-state index in [9.17, 15) is 0 Å². The number of nitrogens with two attached hydrogens (primary N) is 1. The summed E-state index contributed by atoms with van der Waals surface area (Å²) in [5.41, 5.74) is 9.20. The van der Waals surface area contributed by atoms with Crippen LogP contribution in [0.4, 0.5) is 5.13 Å². The smallest absolute Gasteiger partial charge is 0.233 e. The van der Waals surface area contributed by atoms with Gasteiger partial charge in [-0.1, -0.05) is 5.16 Å². The lowest BCUT2D eigenvalue weighted by Crippen LogP contribution is -1.91. The summed E-state index contributed by atoms with van der Waals surface area (Å²) in [6.45, 7) is 3.88. The highest BCUT2D eigenvalue weighted by molar-refractivity contribution is 7.13. The SMILES string of the molecule is Cc1cc(-c2noc(Cc3csc(N)n3)n2)cc(C)n1. The maximum absolute atomic E-state index is 5.60. The summed E-state index contributed by atoms with van der Waals surface area (Å²) in [6.07, 6.45) is 0.490. The van der Waals surface area contributed by atoms with Gasteiger partial charge in [0.1, 0.15) is 0 Å². The Hall–Kier alpha value is -2.28. The lowest BCUT2D eigenvalue weighted by atomic mass is 10.2. The third-order valence-corrected chi connectivity index (χ3v) is 3.43. The van der Waals surface area contributed by atoms with Crippen molar-refractivity contribution in [3.63, 3.8) is 0 Å². The first-order chi connectivity index (χ1) is 9.60. The zero-order valence-corrected chi connectivity index (χ0v) is 11.9. The molecule has 6 nitrogen and oxygen atoms in total. The van der Waals surface area contributed by atoms with Crippen LogP contribution in [0.2, 0.25) is 0 Å². The number of nitrogens with zero attached hydrogens (tertiary/aromatic N) is 4. The Balaban J connectivity index is 1.86. The fourth-order valence-corrected chi connectivity index (χ4v) is 2.53. The molecular weight excluding hydrogens is 274 g/mol. The topological polar surface area (TPSA) is 90.7 Å². The standard InChI is InChI=1S/C13H13N5OS/c1-7-3-9(4-8(2)15-7)12-17-11(19-18-12)5-10-6-20-13(14)16-10/h3-4,6H,5H2,1-2H3,(H2,14,16).